The van der Waals surface area contributed by atoms with E-state index in [4.69, 9.17) is 0 Å². The van der Waals surface area contributed by atoms with Gasteiger partial charge in [-0.2, -0.15) is 0 Å². The van der Waals surface area contributed by atoms with Gasteiger partial charge in [0.2, 0.25) is 0 Å². The zero-order chi connectivity index (χ0) is 12.1. The highest BCUT2D eigenvalue weighted by atomic mass is 14.9. The fraction of sp³-hybridized carbons (Fsp3) is 0.625. The molecule has 94 valence electrons. The van der Waals surface area contributed by atoms with Crippen LogP contribution in [-0.2, 0) is 0 Å². The molecule has 0 spiro atoms. The zero-order valence-corrected chi connectivity index (χ0v) is 11.2. The molecule has 1 heteroatoms. The van der Waals surface area contributed by atoms with Crippen LogP contribution in [0.3, 0.4) is 0 Å². The van der Waals surface area contributed by atoms with E-state index in [-0.39, 0.29) is 0 Å². The third kappa shape index (κ3) is 3.10. The van der Waals surface area contributed by atoms with Crippen LogP contribution in [0.2, 0.25) is 0 Å². The number of piperidine rings is 1. The Balaban J connectivity index is 2.08. The van der Waals surface area contributed by atoms with Gasteiger partial charge >= 0.3 is 0 Å². The summed E-state index contributed by atoms with van der Waals surface area (Å²) in [6.07, 6.45) is 4.01. The average Bonchev–Trinajstić information content (AvgIpc) is 2.40. The fourth-order valence-electron chi connectivity index (χ4n) is 3.29. The molecule has 17 heavy (non-hydrogen) atoms. The Bertz CT molecular complexity index is 318. The second-order valence-corrected chi connectivity index (χ2v) is 5.40. The van der Waals surface area contributed by atoms with Crippen LogP contribution in [0.25, 0.3) is 0 Å². The molecule has 1 heterocycles. The standard InChI is InChI=1S/C16H25N/c1-3-7-15-12-17-11-10-16(15)13(2)14-8-5-4-6-9-14/h4-6,8-9,13,15-17H,3,7,10-12H2,1-2H3. The van der Waals surface area contributed by atoms with Gasteiger partial charge in [0, 0.05) is 0 Å². The van der Waals surface area contributed by atoms with Gasteiger partial charge in [-0.15, -0.1) is 0 Å². The second kappa shape index (κ2) is 6.20. The van der Waals surface area contributed by atoms with E-state index in [1.807, 2.05) is 0 Å². The van der Waals surface area contributed by atoms with Crippen molar-refractivity contribution in [2.75, 3.05) is 13.1 Å². The van der Waals surface area contributed by atoms with Gasteiger partial charge in [0.1, 0.15) is 0 Å². The summed E-state index contributed by atoms with van der Waals surface area (Å²) in [5, 5.41) is 3.56. The lowest BCUT2D eigenvalue weighted by Crippen LogP contribution is -2.38. The summed E-state index contributed by atoms with van der Waals surface area (Å²) in [6.45, 7) is 7.13. The van der Waals surface area contributed by atoms with E-state index in [0.29, 0.717) is 5.92 Å². The summed E-state index contributed by atoms with van der Waals surface area (Å²) >= 11 is 0. The van der Waals surface area contributed by atoms with Gasteiger partial charge in [0.25, 0.3) is 0 Å². The molecule has 0 saturated carbocycles. The summed E-state index contributed by atoms with van der Waals surface area (Å²) in [6, 6.07) is 11.0. The van der Waals surface area contributed by atoms with E-state index in [1.54, 1.807) is 0 Å². The molecular weight excluding hydrogens is 206 g/mol. The summed E-state index contributed by atoms with van der Waals surface area (Å²) in [5.74, 6) is 2.43. The molecule has 1 saturated heterocycles. The first kappa shape index (κ1) is 12.6. The van der Waals surface area contributed by atoms with Gasteiger partial charge in [0.05, 0.1) is 0 Å². The predicted molar refractivity (Wildman–Crippen MR) is 74.2 cm³/mol. The molecule has 0 aliphatic carbocycles. The first-order chi connectivity index (χ1) is 8.33. The van der Waals surface area contributed by atoms with Crippen molar-refractivity contribution in [3.63, 3.8) is 0 Å². The maximum atomic E-state index is 3.56. The minimum Gasteiger partial charge on any atom is -0.316 e. The molecule has 0 amide bonds. The summed E-state index contributed by atoms with van der Waals surface area (Å²) < 4.78 is 0. The molecule has 1 aliphatic rings. The number of benzene rings is 1. The van der Waals surface area contributed by atoms with Crippen LogP contribution < -0.4 is 5.32 Å². The Labute approximate surface area is 106 Å². The SMILES string of the molecule is CCCC1CNCCC1C(C)c1ccccc1. The molecular formula is C16H25N. The Hall–Kier alpha value is -0.820. The lowest BCUT2D eigenvalue weighted by atomic mass is 9.73. The van der Waals surface area contributed by atoms with E-state index in [1.165, 1.54) is 37.9 Å². The van der Waals surface area contributed by atoms with E-state index < -0.39 is 0 Å². The molecule has 1 N–H and O–H groups in total. The normalized spacial score (nSPS) is 26.7. The summed E-state index contributed by atoms with van der Waals surface area (Å²) in [5.41, 5.74) is 1.51. The highest BCUT2D eigenvalue weighted by molar-refractivity contribution is 5.20. The number of hydrogen-bond acceptors (Lipinski definition) is 1. The van der Waals surface area contributed by atoms with Crippen molar-refractivity contribution in [3.05, 3.63) is 35.9 Å². The van der Waals surface area contributed by atoms with E-state index in [0.717, 1.165) is 11.8 Å². The molecule has 0 bridgehead atoms. The van der Waals surface area contributed by atoms with Crippen LogP contribution in [0, 0.1) is 11.8 Å². The van der Waals surface area contributed by atoms with Crippen molar-refractivity contribution in [2.24, 2.45) is 11.8 Å². The molecule has 1 aliphatic heterocycles. The number of nitrogens with one attached hydrogen (secondary N) is 1. The second-order valence-electron chi connectivity index (χ2n) is 5.40. The topological polar surface area (TPSA) is 12.0 Å². The lowest BCUT2D eigenvalue weighted by Gasteiger charge is -2.36. The predicted octanol–water partition coefficient (Wildman–Crippen LogP) is 3.82. The van der Waals surface area contributed by atoms with E-state index >= 15 is 0 Å². The Morgan fingerprint density at radius 3 is 2.76 bits per heavy atom. The van der Waals surface area contributed by atoms with E-state index in [9.17, 15) is 0 Å². The molecule has 1 aromatic rings. The maximum absolute atomic E-state index is 3.56. The van der Waals surface area contributed by atoms with Crippen molar-refractivity contribution in [2.45, 2.75) is 39.0 Å². The van der Waals surface area contributed by atoms with Crippen LogP contribution in [-0.4, -0.2) is 13.1 Å². The fourth-order valence-corrected chi connectivity index (χ4v) is 3.29. The molecule has 0 radical (unpaired) electrons. The van der Waals surface area contributed by atoms with Crippen molar-refractivity contribution in [1.82, 2.24) is 5.32 Å². The van der Waals surface area contributed by atoms with Gasteiger partial charge in [0.15, 0.2) is 0 Å². The summed E-state index contributed by atoms with van der Waals surface area (Å²) in [4.78, 5) is 0. The molecule has 3 unspecified atom stereocenters. The first-order valence-corrected chi connectivity index (χ1v) is 7.08. The van der Waals surface area contributed by atoms with Gasteiger partial charge in [-0.1, -0.05) is 50.6 Å². The first-order valence-electron chi connectivity index (χ1n) is 7.08. The van der Waals surface area contributed by atoms with E-state index in [2.05, 4.69) is 49.5 Å². The summed E-state index contributed by atoms with van der Waals surface area (Å²) in [7, 11) is 0. The van der Waals surface area contributed by atoms with Crippen LogP contribution in [0.1, 0.15) is 44.6 Å². The Morgan fingerprint density at radius 2 is 2.06 bits per heavy atom. The molecule has 1 nitrogen and oxygen atoms in total. The monoisotopic (exact) mass is 231 g/mol. The minimum absolute atomic E-state index is 0.704. The van der Waals surface area contributed by atoms with Crippen molar-refractivity contribution in [3.8, 4) is 0 Å². The van der Waals surface area contributed by atoms with Crippen LogP contribution in [0.5, 0.6) is 0 Å². The molecule has 1 aromatic carbocycles. The van der Waals surface area contributed by atoms with Crippen LogP contribution >= 0.6 is 0 Å². The highest BCUT2D eigenvalue weighted by Gasteiger charge is 2.29. The molecule has 1 fully saturated rings. The molecule has 0 aromatic heterocycles. The van der Waals surface area contributed by atoms with Crippen molar-refractivity contribution in [1.29, 1.82) is 0 Å². The largest absolute Gasteiger partial charge is 0.316 e. The molecule has 3 atom stereocenters. The van der Waals surface area contributed by atoms with Gasteiger partial charge in [-0.25, -0.2) is 0 Å². The van der Waals surface area contributed by atoms with Crippen molar-refractivity contribution >= 4 is 0 Å². The van der Waals surface area contributed by atoms with Crippen LogP contribution in [0.4, 0.5) is 0 Å². The number of hydrogen-bond donors (Lipinski definition) is 1. The van der Waals surface area contributed by atoms with Gasteiger partial charge in [-0.3, -0.25) is 0 Å². The quantitative estimate of drug-likeness (QED) is 0.830. The molecule has 2 rings (SSSR count). The van der Waals surface area contributed by atoms with Crippen LogP contribution in [0.15, 0.2) is 30.3 Å². The highest BCUT2D eigenvalue weighted by Crippen LogP contribution is 2.35. The zero-order valence-electron chi connectivity index (χ0n) is 11.2. The van der Waals surface area contributed by atoms with Crippen molar-refractivity contribution < 1.29 is 0 Å². The number of rotatable bonds is 4. The maximum Gasteiger partial charge on any atom is -0.00176 e. The average molecular weight is 231 g/mol. The van der Waals surface area contributed by atoms with Gasteiger partial charge in [-0.05, 0) is 49.2 Å². The Kier molecular flexibility index (Phi) is 4.61. The smallest absolute Gasteiger partial charge is 0.00176 e. The van der Waals surface area contributed by atoms with Gasteiger partial charge < -0.3 is 5.32 Å². The lowest BCUT2D eigenvalue weighted by molar-refractivity contribution is 0.210. The third-order valence-electron chi connectivity index (χ3n) is 4.29. The minimum atomic E-state index is 0.704. The Morgan fingerprint density at radius 1 is 1.29 bits per heavy atom. The third-order valence-corrected chi connectivity index (χ3v) is 4.29.